The SMILES string of the molecule is CC(C)C(C)(C)C(C)(C)[SiH2]n1ccc(C(C)(C)C)c1. The van der Waals surface area contributed by atoms with Gasteiger partial charge < -0.3 is 4.23 Å². The van der Waals surface area contributed by atoms with Crippen LogP contribution in [0.5, 0.6) is 0 Å². The average Bonchev–Trinajstić information content (AvgIpc) is 2.64. The molecule has 0 N–H and O–H groups in total. The number of hydrogen-bond donors (Lipinski definition) is 0. The highest BCUT2D eigenvalue weighted by Gasteiger charge is 2.39. The molecular formula is C17H33NSi. The third kappa shape index (κ3) is 3.53. The summed E-state index contributed by atoms with van der Waals surface area (Å²) in [4.78, 5) is 0. The number of rotatable bonds is 4. The van der Waals surface area contributed by atoms with E-state index < -0.39 is 0 Å². The van der Waals surface area contributed by atoms with Crippen LogP contribution in [0.2, 0.25) is 5.04 Å². The van der Waals surface area contributed by atoms with E-state index in [9.17, 15) is 0 Å². The van der Waals surface area contributed by atoms with Gasteiger partial charge in [0.25, 0.3) is 0 Å². The predicted molar refractivity (Wildman–Crippen MR) is 89.7 cm³/mol. The molecule has 0 fully saturated rings. The Balaban J connectivity index is 2.93. The van der Waals surface area contributed by atoms with Crippen LogP contribution in [0.4, 0.5) is 0 Å². The molecule has 0 bridgehead atoms. The summed E-state index contributed by atoms with van der Waals surface area (Å²) >= 11 is 0. The standard InChI is InChI=1S/C17H33NSi/c1-13(2)16(6,7)17(8,9)19-18-11-10-14(12-18)15(3,4)5/h10-13H,19H2,1-9H3. The van der Waals surface area contributed by atoms with Crippen LogP contribution in [0.25, 0.3) is 0 Å². The largest absolute Gasteiger partial charge is 0.386 e. The molecule has 110 valence electrons. The van der Waals surface area contributed by atoms with Gasteiger partial charge in [0, 0.05) is 0 Å². The van der Waals surface area contributed by atoms with E-state index in [0.717, 1.165) is 0 Å². The van der Waals surface area contributed by atoms with Crippen molar-refractivity contribution in [1.82, 2.24) is 4.23 Å². The summed E-state index contributed by atoms with van der Waals surface area (Å²) in [6.45, 7) is 21.3. The molecule has 0 atom stereocenters. The lowest BCUT2D eigenvalue weighted by Crippen LogP contribution is -2.38. The Morgan fingerprint density at radius 3 is 1.89 bits per heavy atom. The van der Waals surface area contributed by atoms with Gasteiger partial charge in [0.15, 0.2) is 0 Å². The summed E-state index contributed by atoms with van der Waals surface area (Å²) in [5, 5.41) is 0.412. The summed E-state index contributed by atoms with van der Waals surface area (Å²) in [7, 11) is -0.351. The Morgan fingerprint density at radius 2 is 1.53 bits per heavy atom. The minimum Gasteiger partial charge on any atom is -0.386 e. The lowest BCUT2D eigenvalue weighted by atomic mass is 9.71. The van der Waals surface area contributed by atoms with Crippen molar-refractivity contribution in [3.8, 4) is 0 Å². The third-order valence-corrected chi connectivity index (χ3v) is 7.84. The number of hydrogen-bond acceptors (Lipinski definition) is 0. The van der Waals surface area contributed by atoms with E-state index in [0.29, 0.717) is 16.4 Å². The van der Waals surface area contributed by atoms with Crippen LogP contribution in [0, 0.1) is 11.3 Å². The molecule has 0 aliphatic rings. The van der Waals surface area contributed by atoms with Gasteiger partial charge in [-0.15, -0.1) is 0 Å². The van der Waals surface area contributed by atoms with Crippen molar-refractivity contribution in [2.45, 2.75) is 72.8 Å². The second-order valence-corrected chi connectivity index (χ2v) is 11.4. The van der Waals surface area contributed by atoms with E-state index in [1.807, 2.05) is 0 Å². The molecule has 0 radical (unpaired) electrons. The van der Waals surface area contributed by atoms with Gasteiger partial charge in [-0.05, 0) is 45.8 Å². The van der Waals surface area contributed by atoms with Crippen molar-refractivity contribution < 1.29 is 0 Å². The predicted octanol–water partition coefficient (Wildman–Crippen LogP) is 4.60. The lowest BCUT2D eigenvalue weighted by molar-refractivity contribution is 0.175. The van der Waals surface area contributed by atoms with Crippen LogP contribution in [-0.4, -0.2) is 13.9 Å². The molecule has 0 spiro atoms. The first-order chi connectivity index (χ1) is 8.38. The van der Waals surface area contributed by atoms with Crippen molar-refractivity contribution in [2.24, 2.45) is 11.3 Å². The summed E-state index contributed by atoms with van der Waals surface area (Å²) in [5.41, 5.74) is 2.10. The third-order valence-electron chi connectivity index (χ3n) is 5.38. The van der Waals surface area contributed by atoms with E-state index in [2.05, 4.69) is 85.0 Å². The maximum absolute atomic E-state index is 2.50. The fourth-order valence-electron chi connectivity index (χ4n) is 2.42. The molecule has 2 heteroatoms. The summed E-state index contributed by atoms with van der Waals surface area (Å²) in [6, 6.07) is 2.30. The maximum atomic E-state index is 2.50. The molecule has 1 rings (SSSR count). The van der Waals surface area contributed by atoms with Crippen LogP contribution < -0.4 is 0 Å². The first-order valence-electron chi connectivity index (χ1n) is 7.54. The van der Waals surface area contributed by atoms with Crippen LogP contribution in [-0.2, 0) is 5.41 Å². The Bertz CT molecular complexity index is 419. The Morgan fingerprint density at radius 1 is 1.00 bits per heavy atom. The fourth-order valence-corrected chi connectivity index (χ4v) is 4.65. The summed E-state index contributed by atoms with van der Waals surface area (Å²) < 4.78 is 2.50. The monoisotopic (exact) mass is 279 g/mol. The molecule has 0 saturated carbocycles. The van der Waals surface area contributed by atoms with Gasteiger partial charge in [0.05, 0.1) is 0 Å². The number of nitrogens with zero attached hydrogens (tertiary/aromatic N) is 1. The first kappa shape index (κ1) is 16.6. The zero-order chi connectivity index (χ0) is 15.1. The highest BCUT2D eigenvalue weighted by molar-refractivity contribution is 6.38. The van der Waals surface area contributed by atoms with Crippen molar-refractivity contribution >= 4 is 9.68 Å². The van der Waals surface area contributed by atoms with E-state index >= 15 is 0 Å². The smallest absolute Gasteiger partial charge is 0.134 e. The molecule has 1 aromatic rings. The second kappa shape index (κ2) is 5.12. The zero-order valence-electron chi connectivity index (χ0n) is 14.5. The first-order valence-corrected chi connectivity index (χ1v) is 8.88. The molecule has 0 aliphatic carbocycles. The normalized spacial score (nSPS) is 14.8. The molecule has 1 heterocycles. The van der Waals surface area contributed by atoms with Gasteiger partial charge in [0.2, 0.25) is 0 Å². The lowest BCUT2D eigenvalue weighted by Gasteiger charge is -2.45. The van der Waals surface area contributed by atoms with Gasteiger partial charge in [0.1, 0.15) is 9.68 Å². The Hall–Kier alpha value is -0.503. The van der Waals surface area contributed by atoms with E-state index in [1.165, 1.54) is 5.56 Å². The Kier molecular flexibility index (Phi) is 4.46. The van der Waals surface area contributed by atoms with Crippen LogP contribution in [0.15, 0.2) is 18.5 Å². The summed E-state index contributed by atoms with van der Waals surface area (Å²) in [5.74, 6) is 0.715. The quantitative estimate of drug-likeness (QED) is 0.710. The van der Waals surface area contributed by atoms with Crippen LogP contribution in [0.1, 0.15) is 67.9 Å². The van der Waals surface area contributed by atoms with Crippen molar-refractivity contribution in [2.75, 3.05) is 0 Å². The van der Waals surface area contributed by atoms with E-state index in [4.69, 9.17) is 0 Å². The zero-order valence-corrected chi connectivity index (χ0v) is 15.9. The molecule has 0 saturated heterocycles. The number of aromatic nitrogens is 1. The molecule has 0 aliphatic heterocycles. The van der Waals surface area contributed by atoms with Gasteiger partial charge >= 0.3 is 0 Å². The topological polar surface area (TPSA) is 4.93 Å². The second-order valence-electron chi connectivity index (χ2n) is 8.58. The molecule has 0 unspecified atom stereocenters. The molecule has 1 nitrogen and oxygen atoms in total. The molecule has 0 aromatic carbocycles. The maximum Gasteiger partial charge on any atom is 0.134 e. The molecule has 1 aromatic heterocycles. The van der Waals surface area contributed by atoms with Gasteiger partial charge in [-0.25, -0.2) is 0 Å². The highest BCUT2D eigenvalue weighted by atomic mass is 28.2. The van der Waals surface area contributed by atoms with Crippen molar-refractivity contribution in [1.29, 1.82) is 0 Å². The minimum absolute atomic E-state index is 0.261. The van der Waals surface area contributed by atoms with Crippen LogP contribution >= 0.6 is 0 Å². The van der Waals surface area contributed by atoms with Gasteiger partial charge in [-0.3, -0.25) is 0 Å². The molecular weight excluding hydrogens is 246 g/mol. The fraction of sp³-hybridized carbons (Fsp3) is 0.765. The van der Waals surface area contributed by atoms with Crippen molar-refractivity contribution in [3.63, 3.8) is 0 Å². The molecule has 19 heavy (non-hydrogen) atoms. The van der Waals surface area contributed by atoms with Crippen molar-refractivity contribution in [3.05, 3.63) is 24.0 Å². The molecule has 0 amide bonds. The van der Waals surface area contributed by atoms with Gasteiger partial charge in [-0.2, -0.15) is 0 Å². The van der Waals surface area contributed by atoms with Gasteiger partial charge in [-0.1, -0.05) is 62.3 Å². The van der Waals surface area contributed by atoms with E-state index in [-0.39, 0.29) is 15.1 Å². The summed E-state index contributed by atoms with van der Waals surface area (Å²) in [6.07, 6.45) is 4.68. The van der Waals surface area contributed by atoms with E-state index in [1.54, 1.807) is 0 Å². The Labute approximate surface area is 122 Å². The van der Waals surface area contributed by atoms with Crippen LogP contribution in [0.3, 0.4) is 0 Å². The highest BCUT2D eigenvalue weighted by Crippen LogP contribution is 2.49. The average molecular weight is 280 g/mol. The minimum atomic E-state index is -0.351.